The fraction of sp³-hybridized carbons (Fsp3) is 0.500. The number of esters is 2. The molecule has 1 rings (SSSR count). The predicted octanol–water partition coefficient (Wildman–Crippen LogP) is 0.940. The summed E-state index contributed by atoms with van der Waals surface area (Å²) in [6.45, 7) is 7.26. The SMILES string of the molecule is C=CC(=O)OC[C@H]1OC[C@](C)(F)[C@@H]1OC(=O)C=C. The van der Waals surface area contributed by atoms with Crippen molar-refractivity contribution in [2.45, 2.75) is 24.8 Å². The van der Waals surface area contributed by atoms with Crippen molar-refractivity contribution in [1.29, 1.82) is 0 Å². The molecule has 18 heavy (non-hydrogen) atoms. The molecule has 0 aliphatic carbocycles. The lowest BCUT2D eigenvalue weighted by Crippen LogP contribution is -2.42. The van der Waals surface area contributed by atoms with Gasteiger partial charge < -0.3 is 14.2 Å². The van der Waals surface area contributed by atoms with Gasteiger partial charge in [0.25, 0.3) is 0 Å². The van der Waals surface area contributed by atoms with Crippen LogP contribution in [0.1, 0.15) is 6.92 Å². The predicted molar refractivity (Wildman–Crippen MR) is 60.5 cm³/mol. The van der Waals surface area contributed by atoms with Crippen molar-refractivity contribution in [3.05, 3.63) is 25.3 Å². The summed E-state index contributed by atoms with van der Waals surface area (Å²) in [5.41, 5.74) is -1.83. The summed E-state index contributed by atoms with van der Waals surface area (Å²) >= 11 is 0. The van der Waals surface area contributed by atoms with Crippen LogP contribution in [0.5, 0.6) is 0 Å². The molecule has 1 fully saturated rings. The molecule has 0 aromatic rings. The Bertz CT molecular complexity index is 363. The maximum Gasteiger partial charge on any atom is 0.330 e. The molecule has 1 heterocycles. The van der Waals surface area contributed by atoms with E-state index in [9.17, 15) is 14.0 Å². The summed E-state index contributed by atoms with van der Waals surface area (Å²) in [6, 6.07) is 0. The van der Waals surface area contributed by atoms with E-state index < -0.39 is 29.8 Å². The molecular formula is C12H15FO5. The highest BCUT2D eigenvalue weighted by Gasteiger charge is 2.50. The Morgan fingerprint density at radius 3 is 2.61 bits per heavy atom. The zero-order chi connectivity index (χ0) is 13.8. The zero-order valence-electron chi connectivity index (χ0n) is 10.1. The van der Waals surface area contributed by atoms with Crippen LogP contribution >= 0.6 is 0 Å². The third kappa shape index (κ3) is 3.40. The largest absolute Gasteiger partial charge is 0.460 e. The average molecular weight is 258 g/mol. The molecule has 1 aliphatic rings. The van der Waals surface area contributed by atoms with Crippen molar-refractivity contribution in [2.75, 3.05) is 13.2 Å². The lowest BCUT2D eigenvalue weighted by atomic mass is 10.0. The molecule has 1 saturated heterocycles. The molecular weight excluding hydrogens is 243 g/mol. The number of carbonyl (C=O) groups is 2. The summed E-state index contributed by atoms with van der Waals surface area (Å²) in [4.78, 5) is 22.0. The van der Waals surface area contributed by atoms with Crippen molar-refractivity contribution in [3.8, 4) is 0 Å². The van der Waals surface area contributed by atoms with Crippen LogP contribution in [-0.2, 0) is 23.8 Å². The Labute approximate surface area is 104 Å². The molecule has 3 atom stereocenters. The molecule has 0 spiro atoms. The number of hydrogen-bond donors (Lipinski definition) is 0. The molecule has 0 unspecified atom stereocenters. The highest BCUT2D eigenvalue weighted by atomic mass is 19.1. The summed E-state index contributed by atoms with van der Waals surface area (Å²) in [5, 5.41) is 0. The quantitative estimate of drug-likeness (QED) is 0.542. The number of hydrogen-bond acceptors (Lipinski definition) is 5. The first kappa shape index (κ1) is 14.4. The first-order valence-electron chi connectivity index (χ1n) is 5.33. The number of carbonyl (C=O) groups excluding carboxylic acids is 2. The molecule has 6 heteroatoms. The molecule has 0 radical (unpaired) electrons. The van der Waals surface area contributed by atoms with Crippen molar-refractivity contribution in [1.82, 2.24) is 0 Å². The molecule has 1 aliphatic heterocycles. The fourth-order valence-electron chi connectivity index (χ4n) is 1.56. The summed E-state index contributed by atoms with van der Waals surface area (Å²) < 4.78 is 28.8. The van der Waals surface area contributed by atoms with E-state index in [2.05, 4.69) is 13.2 Å². The molecule has 0 aromatic heterocycles. The molecule has 5 nitrogen and oxygen atoms in total. The van der Waals surface area contributed by atoms with E-state index in [4.69, 9.17) is 14.2 Å². The fourth-order valence-corrected chi connectivity index (χ4v) is 1.56. The first-order valence-corrected chi connectivity index (χ1v) is 5.33. The number of rotatable bonds is 5. The van der Waals surface area contributed by atoms with Crippen LogP contribution in [0.2, 0.25) is 0 Å². The Kier molecular flexibility index (Phi) is 4.61. The summed E-state index contributed by atoms with van der Waals surface area (Å²) in [5.74, 6) is -1.41. The first-order chi connectivity index (χ1) is 8.40. The molecule has 0 N–H and O–H groups in total. The Balaban J connectivity index is 2.65. The van der Waals surface area contributed by atoms with Gasteiger partial charge in [-0.25, -0.2) is 14.0 Å². The van der Waals surface area contributed by atoms with Crippen molar-refractivity contribution in [3.63, 3.8) is 0 Å². The maximum atomic E-state index is 14.0. The number of ether oxygens (including phenoxy) is 3. The minimum Gasteiger partial charge on any atom is -0.460 e. The topological polar surface area (TPSA) is 61.8 Å². The van der Waals surface area contributed by atoms with Crippen LogP contribution in [-0.4, -0.2) is 43.0 Å². The van der Waals surface area contributed by atoms with Gasteiger partial charge >= 0.3 is 11.9 Å². The highest BCUT2D eigenvalue weighted by molar-refractivity contribution is 5.81. The Morgan fingerprint density at radius 2 is 2.06 bits per heavy atom. The second-order valence-electron chi connectivity index (χ2n) is 4.02. The lowest BCUT2D eigenvalue weighted by Gasteiger charge is -2.24. The van der Waals surface area contributed by atoms with Gasteiger partial charge in [0, 0.05) is 12.2 Å². The summed E-state index contributed by atoms with van der Waals surface area (Å²) in [6.07, 6.45) is -0.0661. The zero-order valence-corrected chi connectivity index (χ0v) is 10.1. The molecule has 0 aromatic carbocycles. The van der Waals surface area contributed by atoms with E-state index in [1.54, 1.807) is 0 Å². The van der Waals surface area contributed by atoms with Crippen LogP contribution < -0.4 is 0 Å². The second-order valence-corrected chi connectivity index (χ2v) is 4.02. The van der Waals surface area contributed by atoms with E-state index in [1.807, 2.05) is 0 Å². The van der Waals surface area contributed by atoms with Crippen molar-refractivity contribution in [2.24, 2.45) is 0 Å². The monoisotopic (exact) mass is 258 g/mol. The van der Waals surface area contributed by atoms with E-state index >= 15 is 0 Å². The Morgan fingerprint density at radius 1 is 1.44 bits per heavy atom. The number of halogens is 1. The molecule has 0 saturated carbocycles. The van der Waals surface area contributed by atoms with Crippen molar-refractivity contribution < 1.29 is 28.2 Å². The molecule has 0 bridgehead atoms. The third-order valence-corrected chi connectivity index (χ3v) is 2.48. The minimum absolute atomic E-state index is 0.209. The molecule has 0 amide bonds. The normalized spacial score (nSPS) is 30.6. The average Bonchev–Trinajstić information content (AvgIpc) is 2.62. The standard InChI is InChI=1S/C12H15FO5/c1-4-9(14)16-6-8-11(18-10(15)5-2)12(3,13)7-17-8/h4-5,8,11H,1-2,6-7H2,3H3/t8-,11-,12+/m1/s1. The van der Waals surface area contributed by atoms with Crippen LogP contribution in [0.15, 0.2) is 25.3 Å². The van der Waals surface area contributed by atoms with E-state index in [1.165, 1.54) is 6.92 Å². The molecule has 100 valence electrons. The van der Waals surface area contributed by atoms with Crippen LogP contribution in [0.25, 0.3) is 0 Å². The van der Waals surface area contributed by atoms with E-state index in [-0.39, 0.29) is 13.2 Å². The minimum atomic E-state index is -1.83. The maximum absolute atomic E-state index is 14.0. The van der Waals surface area contributed by atoms with Gasteiger partial charge in [0.2, 0.25) is 0 Å². The van der Waals surface area contributed by atoms with E-state index in [0.717, 1.165) is 12.2 Å². The van der Waals surface area contributed by atoms with Crippen LogP contribution in [0.4, 0.5) is 4.39 Å². The second kappa shape index (κ2) is 5.77. The van der Waals surface area contributed by atoms with Gasteiger partial charge in [-0.2, -0.15) is 0 Å². The smallest absolute Gasteiger partial charge is 0.330 e. The highest BCUT2D eigenvalue weighted by Crippen LogP contribution is 2.31. The third-order valence-electron chi connectivity index (χ3n) is 2.48. The van der Waals surface area contributed by atoms with Gasteiger partial charge in [-0.3, -0.25) is 0 Å². The van der Waals surface area contributed by atoms with Gasteiger partial charge in [-0.05, 0) is 6.92 Å². The van der Waals surface area contributed by atoms with Gasteiger partial charge in [-0.15, -0.1) is 0 Å². The van der Waals surface area contributed by atoms with Crippen LogP contribution in [0.3, 0.4) is 0 Å². The van der Waals surface area contributed by atoms with Crippen LogP contribution in [0, 0.1) is 0 Å². The van der Waals surface area contributed by atoms with Gasteiger partial charge in [0.05, 0.1) is 6.61 Å². The summed E-state index contributed by atoms with van der Waals surface area (Å²) in [7, 11) is 0. The lowest BCUT2D eigenvalue weighted by molar-refractivity contribution is -0.155. The van der Waals surface area contributed by atoms with Gasteiger partial charge in [0.1, 0.15) is 12.7 Å². The van der Waals surface area contributed by atoms with Crippen molar-refractivity contribution >= 4 is 11.9 Å². The van der Waals surface area contributed by atoms with Gasteiger partial charge in [0.15, 0.2) is 11.8 Å². The van der Waals surface area contributed by atoms with E-state index in [0.29, 0.717) is 0 Å². The number of alkyl halides is 1. The van der Waals surface area contributed by atoms with Gasteiger partial charge in [-0.1, -0.05) is 13.2 Å². The Hall–Kier alpha value is -1.69.